The Bertz CT molecular complexity index is 831. The largest absolute Gasteiger partial charge is 0.485 e. The molecule has 2 heterocycles. The minimum absolute atomic E-state index is 0.209. The molecule has 22 heavy (non-hydrogen) atoms. The third kappa shape index (κ3) is 2.53. The van der Waals surface area contributed by atoms with Crippen molar-refractivity contribution < 1.29 is 4.74 Å². The standard InChI is InChI=1S/C18H17N3O/c1-13(11-19)17-14(2)20-18-16(9-6-10-21(17)18)22-12-15-7-4-3-5-8-15/h3-10,13H,12H2,1-2H3. The van der Waals surface area contributed by atoms with Crippen molar-refractivity contribution >= 4 is 5.65 Å². The molecule has 3 aromatic rings. The van der Waals surface area contributed by atoms with E-state index < -0.39 is 0 Å². The van der Waals surface area contributed by atoms with Gasteiger partial charge in [-0.15, -0.1) is 0 Å². The van der Waals surface area contributed by atoms with Crippen LogP contribution in [0.3, 0.4) is 0 Å². The molecule has 4 heteroatoms. The number of hydrogen-bond donors (Lipinski definition) is 0. The summed E-state index contributed by atoms with van der Waals surface area (Å²) < 4.78 is 7.87. The van der Waals surface area contributed by atoms with Gasteiger partial charge >= 0.3 is 0 Å². The average molecular weight is 291 g/mol. The lowest BCUT2D eigenvalue weighted by Crippen LogP contribution is -2.00. The van der Waals surface area contributed by atoms with Gasteiger partial charge in [0.05, 0.1) is 23.4 Å². The highest BCUT2D eigenvalue weighted by molar-refractivity contribution is 5.56. The SMILES string of the molecule is Cc1nc2c(OCc3ccccc3)cccn2c1C(C)C#N. The molecule has 0 saturated carbocycles. The van der Waals surface area contributed by atoms with Crippen LogP contribution in [0.5, 0.6) is 5.75 Å². The van der Waals surface area contributed by atoms with Crippen LogP contribution in [0.15, 0.2) is 48.7 Å². The van der Waals surface area contributed by atoms with E-state index in [1.165, 1.54) is 0 Å². The quantitative estimate of drug-likeness (QED) is 0.733. The highest BCUT2D eigenvalue weighted by Crippen LogP contribution is 2.26. The van der Waals surface area contributed by atoms with Crippen LogP contribution in [0, 0.1) is 18.3 Å². The van der Waals surface area contributed by atoms with E-state index in [1.807, 2.05) is 66.9 Å². The molecular weight excluding hydrogens is 274 g/mol. The molecule has 0 spiro atoms. The number of nitrogens with zero attached hydrogens (tertiary/aromatic N) is 3. The number of ether oxygens (including phenoxy) is 1. The molecule has 1 unspecified atom stereocenters. The molecule has 0 radical (unpaired) electrons. The molecule has 1 atom stereocenters. The summed E-state index contributed by atoms with van der Waals surface area (Å²) in [6.07, 6.45) is 1.92. The Balaban J connectivity index is 1.96. The fourth-order valence-electron chi connectivity index (χ4n) is 2.61. The molecule has 3 rings (SSSR count). The normalized spacial score (nSPS) is 12.0. The van der Waals surface area contributed by atoms with Gasteiger partial charge in [0, 0.05) is 6.20 Å². The Morgan fingerprint density at radius 2 is 2.00 bits per heavy atom. The summed E-state index contributed by atoms with van der Waals surface area (Å²) in [6, 6.07) is 16.1. The first-order valence-electron chi connectivity index (χ1n) is 7.24. The van der Waals surface area contributed by atoms with Crippen LogP contribution < -0.4 is 4.74 Å². The van der Waals surface area contributed by atoms with E-state index in [4.69, 9.17) is 4.74 Å². The van der Waals surface area contributed by atoms with E-state index in [9.17, 15) is 5.26 Å². The van der Waals surface area contributed by atoms with Crippen LogP contribution in [0.25, 0.3) is 5.65 Å². The van der Waals surface area contributed by atoms with Gasteiger partial charge in [0.25, 0.3) is 0 Å². The molecule has 0 saturated heterocycles. The highest BCUT2D eigenvalue weighted by Gasteiger charge is 2.17. The van der Waals surface area contributed by atoms with E-state index >= 15 is 0 Å². The zero-order valence-electron chi connectivity index (χ0n) is 12.7. The highest BCUT2D eigenvalue weighted by atomic mass is 16.5. The van der Waals surface area contributed by atoms with Crippen LogP contribution in [-0.2, 0) is 6.61 Å². The maximum absolute atomic E-state index is 9.19. The van der Waals surface area contributed by atoms with E-state index in [0.29, 0.717) is 6.61 Å². The maximum Gasteiger partial charge on any atom is 0.180 e. The van der Waals surface area contributed by atoms with Crippen molar-refractivity contribution in [2.75, 3.05) is 0 Å². The smallest absolute Gasteiger partial charge is 0.180 e. The lowest BCUT2D eigenvalue weighted by Gasteiger charge is -2.09. The van der Waals surface area contributed by atoms with Gasteiger partial charge in [0.1, 0.15) is 6.61 Å². The summed E-state index contributed by atoms with van der Waals surface area (Å²) in [4.78, 5) is 4.58. The Kier molecular flexibility index (Phi) is 3.80. The van der Waals surface area contributed by atoms with Crippen molar-refractivity contribution in [3.63, 3.8) is 0 Å². The Labute approximate surface area is 129 Å². The molecule has 0 amide bonds. The third-order valence-electron chi connectivity index (χ3n) is 3.68. The lowest BCUT2D eigenvalue weighted by molar-refractivity contribution is 0.308. The van der Waals surface area contributed by atoms with Crippen molar-refractivity contribution in [1.29, 1.82) is 5.26 Å². The number of benzene rings is 1. The number of rotatable bonds is 4. The van der Waals surface area contributed by atoms with Crippen LogP contribution in [0.1, 0.15) is 29.8 Å². The second-order valence-electron chi connectivity index (χ2n) is 5.27. The van der Waals surface area contributed by atoms with Crippen molar-refractivity contribution in [1.82, 2.24) is 9.38 Å². The number of fused-ring (bicyclic) bond motifs is 1. The van der Waals surface area contributed by atoms with Gasteiger partial charge in [0.2, 0.25) is 0 Å². The molecule has 0 aliphatic rings. The summed E-state index contributed by atoms with van der Waals surface area (Å²) >= 11 is 0. The van der Waals surface area contributed by atoms with Crippen LogP contribution in [0.2, 0.25) is 0 Å². The molecule has 2 aromatic heterocycles. The molecule has 0 fully saturated rings. The van der Waals surface area contributed by atoms with E-state index in [-0.39, 0.29) is 5.92 Å². The second-order valence-corrected chi connectivity index (χ2v) is 5.27. The van der Waals surface area contributed by atoms with Gasteiger partial charge in [-0.3, -0.25) is 4.40 Å². The number of aromatic nitrogens is 2. The van der Waals surface area contributed by atoms with E-state index in [0.717, 1.165) is 28.3 Å². The number of pyridine rings is 1. The lowest BCUT2D eigenvalue weighted by atomic mass is 10.1. The van der Waals surface area contributed by atoms with Crippen LogP contribution in [0.4, 0.5) is 0 Å². The molecule has 0 bridgehead atoms. The minimum Gasteiger partial charge on any atom is -0.485 e. The molecule has 4 nitrogen and oxygen atoms in total. The van der Waals surface area contributed by atoms with Gasteiger partial charge in [-0.1, -0.05) is 30.3 Å². The number of nitriles is 1. The topological polar surface area (TPSA) is 50.3 Å². The Morgan fingerprint density at radius 3 is 2.73 bits per heavy atom. The summed E-state index contributed by atoms with van der Waals surface area (Å²) in [5.41, 5.74) is 3.65. The van der Waals surface area contributed by atoms with Crippen molar-refractivity contribution in [2.45, 2.75) is 26.4 Å². The van der Waals surface area contributed by atoms with Crippen molar-refractivity contribution in [3.8, 4) is 11.8 Å². The Morgan fingerprint density at radius 1 is 1.23 bits per heavy atom. The van der Waals surface area contributed by atoms with Gasteiger partial charge in [-0.05, 0) is 31.5 Å². The zero-order chi connectivity index (χ0) is 15.5. The first-order valence-corrected chi connectivity index (χ1v) is 7.24. The Hall–Kier alpha value is -2.80. The van der Waals surface area contributed by atoms with Crippen LogP contribution >= 0.6 is 0 Å². The van der Waals surface area contributed by atoms with Crippen LogP contribution in [-0.4, -0.2) is 9.38 Å². The molecule has 1 aromatic carbocycles. The molecule has 0 aliphatic heterocycles. The van der Waals surface area contributed by atoms with Crippen molar-refractivity contribution in [2.24, 2.45) is 0 Å². The third-order valence-corrected chi connectivity index (χ3v) is 3.68. The number of hydrogen-bond acceptors (Lipinski definition) is 3. The first kappa shape index (κ1) is 14.2. The summed E-state index contributed by atoms with van der Waals surface area (Å²) in [6.45, 7) is 4.31. The minimum atomic E-state index is -0.209. The van der Waals surface area contributed by atoms with E-state index in [1.54, 1.807) is 0 Å². The molecule has 0 N–H and O–H groups in total. The summed E-state index contributed by atoms with van der Waals surface area (Å²) in [7, 11) is 0. The van der Waals surface area contributed by atoms with E-state index in [2.05, 4.69) is 11.1 Å². The zero-order valence-corrected chi connectivity index (χ0v) is 12.7. The fraction of sp³-hybridized carbons (Fsp3) is 0.222. The first-order chi connectivity index (χ1) is 10.7. The molecule has 110 valence electrons. The van der Waals surface area contributed by atoms with Crippen molar-refractivity contribution in [3.05, 3.63) is 65.6 Å². The summed E-state index contributed by atoms with van der Waals surface area (Å²) in [5, 5.41) is 9.19. The number of aryl methyl sites for hydroxylation is 1. The predicted molar refractivity (Wildman–Crippen MR) is 84.7 cm³/mol. The predicted octanol–water partition coefficient (Wildman–Crippen LogP) is 3.85. The fourth-order valence-corrected chi connectivity index (χ4v) is 2.61. The second kappa shape index (κ2) is 5.90. The maximum atomic E-state index is 9.19. The van der Waals surface area contributed by atoms with Gasteiger partial charge in [0.15, 0.2) is 11.4 Å². The average Bonchev–Trinajstić information content (AvgIpc) is 2.89. The summed E-state index contributed by atoms with van der Waals surface area (Å²) in [5.74, 6) is 0.519. The molecule has 0 aliphatic carbocycles. The number of imidazole rings is 1. The van der Waals surface area contributed by atoms with Gasteiger partial charge in [-0.25, -0.2) is 4.98 Å². The van der Waals surface area contributed by atoms with Gasteiger partial charge < -0.3 is 4.74 Å². The monoisotopic (exact) mass is 291 g/mol. The van der Waals surface area contributed by atoms with Gasteiger partial charge in [-0.2, -0.15) is 5.26 Å². The molecular formula is C18H17N3O.